The molecule has 0 amide bonds. The van der Waals surface area contributed by atoms with Gasteiger partial charge in [0.25, 0.3) is 0 Å². The third-order valence-corrected chi connectivity index (χ3v) is 4.62. The third kappa shape index (κ3) is 6.63. The lowest BCUT2D eigenvalue weighted by Gasteiger charge is -2.14. The van der Waals surface area contributed by atoms with Crippen LogP contribution in [0.15, 0.2) is 23.2 Å². The molecule has 1 aromatic carbocycles. The summed E-state index contributed by atoms with van der Waals surface area (Å²) in [5.41, 5.74) is 0.799. The van der Waals surface area contributed by atoms with E-state index in [4.69, 9.17) is 9.47 Å². The number of hydrogen-bond acceptors (Lipinski definition) is 5. The molecule has 0 radical (unpaired) electrons. The fourth-order valence-corrected chi connectivity index (χ4v) is 2.51. The molecule has 0 aliphatic rings. The summed E-state index contributed by atoms with van der Waals surface area (Å²) < 4.78 is 35.6. The number of rotatable bonds is 9. The van der Waals surface area contributed by atoms with E-state index in [-0.39, 0.29) is 5.75 Å². The van der Waals surface area contributed by atoms with Gasteiger partial charge in [0, 0.05) is 31.9 Å². The van der Waals surface area contributed by atoms with Crippen LogP contribution in [0.5, 0.6) is 11.5 Å². The Morgan fingerprint density at radius 3 is 2.46 bits per heavy atom. The van der Waals surface area contributed by atoms with Crippen molar-refractivity contribution in [2.24, 2.45) is 4.99 Å². The van der Waals surface area contributed by atoms with Crippen molar-refractivity contribution in [1.29, 1.82) is 0 Å². The smallest absolute Gasteiger partial charge is 0.211 e. The van der Waals surface area contributed by atoms with Crippen LogP contribution in [-0.2, 0) is 10.0 Å². The average molecular weight is 358 g/mol. The largest absolute Gasteiger partial charge is 0.493 e. The van der Waals surface area contributed by atoms with Crippen molar-refractivity contribution in [1.82, 2.24) is 10.0 Å². The van der Waals surface area contributed by atoms with Gasteiger partial charge in [0.05, 0.1) is 20.0 Å². The van der Waals surface area contributed by atoms with E-state index in [9.17, 15) is 8.42 Å². The first-order valence-electron chi connectivity index (χ1n) is 7.62. The minimum atomic E-state index is -3.14. The second-order valence-electron chi connectivity index (χ2n) is 4.85. The Kier molecular flexibility index (Phi) is 8.34. The zero-order valence-electron chi connectivity index (χ0n) is 14.5. The van der Waals surface area contributed by atoms with Gasteiger partial charge in [0.2, 0.25) is 10.0 Å². The number of benzene rings is 1. The topological polar surface area (TPSA) is 101 Å². The Labute approximate surface area is 143 Å². The fourth-order valence-electron chi connectivity index (χ4n) is 1.85. The highest BCUT2D eigenvalue weighted by Crippen LogP contribution is 2.29. The molecule has 0 aromatic heterocycles. The molecular weight excluding hydrogens is 332 g/mol. The number of ether oxygens (including phenoxy) is 2. The van der Waals surface area contributed by atoms with Gasteiger partial charge in [-0.2, -0.15) is 0 Å². The first kappa shape index (κ1) is 20.0. The van der Waals surface area contributed by atoms with E-state index in [1.54, 1.807) is 40.3 Å². The van der Waals surface area contributed by atoms with Crippen LogP contribution in [0.3, 0.4) is 0 Å². The molecule has 8 nitrogen and oxygen atoms in total. The summed E-state index contributed by atoms with van der Waals surface area (Å²) >= 11 is 0. The monoisotopic (exact) mass is 358 g/mol. The lowest BCUT2D eigenvalue weighted by Crippen LogP contribution is -2.34. The van der Waals surface area contributed by atoms with E-state index in [0.29, 0.717) is 37.0 Å². The van der Waals surface area contributed by atoms with E-state index in [1.807, 2.05) is 6.07 Å². The number of sulfonamides is 1. The predicted octanol–water partition coefficient (Wildman–Crippen LogP) is 1.02. The molecule has 0 aliphatic heterocycles. The number of guanidine groups is 1. The Morgan fingerprint density at radius 2 is 1.88 bits per heavy atom. The van der Waals surface area contributed by atoms with Gasteiger partial charge >= 0.3 is 0 Å². The average Bonchev–Trinajstić information content (AvgIpc) is 2.60. The minimum absolute atomic E-state index is 0.0863. The van der Waals surface area contributed by atoms with Crippen molar-refractivity contribution in [3.8, 4) is 11.5 Å². The van der Waals surface area contributed by atoms with Gasteiger partial charge in [0.15, 0.2) is 17.5 Å². The van der Waals surface area contributed by atoms with E-state index in [2.05, 4.69) is 20.3 Å². The molecular formula is C15H26N4O4S. The second-order valence-corrected chi connectivity index (χ2v) is 6.94. The summed E-state index contributed by atoms with van der Waals surface area (Å²) in [6.45, 7) is 2.57. The van der Waals surface area contributed by atoms with Crippen LogP contribution in [0.4, 0.5) is 5.69 Å². The predicted molar refractivity (Wildman–Crippen MR) is 96.6 cm³/mol. The Bertz CT molecular complexity index is 647. The van der Waals surface area contributed by atoms with Gasteiger partial charge in [-0.25, -0.2) is 13.1 Å². The van der Waals surface area contributed by atoms with Gasteiger partial charge in [-0.1, -0.05) is 0 Å². The second kappa shape index (κ2) is 9.99. The highest BCUT2D eigenvalue weighted by molar-refractivity contribution is 7.89. The first-order valence-corrected chi connectivity index (χ1v) is 9.28. The van der Waals surface area contributed by atoms with E-state index in [0.717, 1.165) is 5.69 Å². The maximum atomic E-state index is 11.3. The number of hydrogen-bond donors (Lipinski definition) is 3. The van der Waals surface area contributed by atoms with Crippen LogP contribution in [0.25, 0.3) is 0 Å². The maximum Gasteiger partial charge on any atom is 0.211 e. The Balaban J connectivity index is 2.48. The lowest BCUT2D eigenvalue weighted by atomic mass is 10.3. The van der Waals surface area contributed by atoms with Crippen molar-refractivity contribution < 1.29 is 17.9 Å². The highest BCUT2D eigenvalue weighted by atomic mass is 32.2. The SMILES string of the molecule is CCS(=O)(=O)NCCCNC(=NC)Nc1ccc(OC)c(OC)c1. The Morgan fingerprint density at radius 1 is 1.17 bits per heavy atom. The summed E-state index contributed by atoms with van der Waals surface area (Å²) in [5, 5.41) is 6.26. The standard InChI is InChI=1S/C15H26N4O4S/c1-5-24(20,21)18-10-6-9-17-15(16-2)19-12-7-8-13(22-3)14(11-12)23-4/h7-8,11,18H,5-6,9-10H2,1-4H3,(H2,16,17,19). The molecule has 24 heavy (non-hydrogen) atoms. The van der Waals surface area contributed by atoms with Crippen molar-refractivity contribution in [3.05, 3.63) is 18.2 Å². The minimum Gasteiger partial charge on any atom is -0.493 e. The van der Waals surface area contributed by atoms with Crippen molar-refractivity contribution >= 4 is 21.7 Å². The summed E-state index contributed by atoms with van der Waals surface area (Å²) in [7, 11) is 1.68. The number of nitrogens with one attached hydrogen (secondary N) is 3. The number of anilines is 1. The normalized spacial score (nSPS) is 11.9. The van der Waals surface area contributed by atoms with Crippen molar-refractivity contribution in [2.45, 2.75) is 13.3 Å². The molecule has 0 fully saturated rings. The Hall–Kier alpha value is -2.00. The summed E-state index contributed by atoms with van der Waals surface area (Å²) in [5.74, 6) is 1.94. The van der Waals surface area contributed by atoms with E-state index in [1.165, 1.54) is 0 Å². The van der Waals surface area contributed by atoms with Crippen LogP contribution in [0.1, 0.15) is 13.3 Å². The molecule has 0 atom stereocenters. The first-order chi connectivity index (χ1) is 11.5. The van der Waals surface area contributed by atoms with Crippen LogP contribution in [0.2, 0.25) is 0 Å². The highest BCUT2D eigenvalue weighted by Gasteiger charge is 2.07. The van der Waals surface area contributed by atoms with Gasteiger partial charge in [-0.3, -0.25) is 4.99 Å². The van der Waals surface area contributed by atoms with E-state index >= 15 is 0 Å². The van der Waals surface area contributed by atoms with Crippen LogP contribution < -0.4 is 24.8 Å². The molecule has 0 unspecified atom stereocenters. The molecule has 0 spiro atoms. The van der Waals surface area contributed by atoms with Gasteiger partial charge < -0.3 is 20.1 Å². The number of nitrogens with zero attached hydrogens (tertiary/aromatic N) is 1. The van der Waals surface area contributed by atoms with Crippen LogP contribution >= 0.6 is 0 Å². The van der Waals surface area contributed by atoms with Crippen molar-refractivity contribution in [2.75, 3.05) is 45.4 Å². The zero-order valence-corrected chi connectivity index (χ0v) is 15.4. The van der Waals surface area contributed by atoms with Gasteiger partial charge in [-0.05, 0) is 25.5 Å². The molecule has 1 rings (SSSR count). The molecule has 1 aromatic rings. The maximum absolute atomic E-state index is 11.3. The molecule has 9 heteroatoms. The van der Waals surface area contributed by atoms with Gasteiger partial charge in [-0.15, -0.1) is 0 Å². The number of methoxy groups -OCH3 is 2. The van der Waals surface area contributed by atoms with Crippen LogP contribution in [0, 0.1) is 0 Å². The lowest BCUT2D eigenvalue weighted by molar-refractivity contribution is 0.355. The third-order valence-electron chi connectivity index (χ3n) is 3.22. The van der Waals surface area contributed by atoms with Gasteiger partial charge in [0.1, 0.15) is 0 Å². The fraction of sp³-hybridized carbons (Fsp3) is 0.533. The number of aliphatic imine (C=N–C) groups is 1. The molecule has 3 N–H and O–H groups in total. The van der Waals surface area contributed by atoms with Crippen LogP contribution in [-0.4, -0.2) is 54.5 Å². The molecule has 0 saturated carbocycles. The zero-order chi connectivity index (χ0) is 18.0. The quantitative estimate of drug-likeness (QED) is 0.346. The summed E-state index contributed by atoms with van der Waals surface area (Å²) in [6, 6.07) is 5.46. The molecule has 0 aliphatic carbocycles. The summed E-state index contributed by atoms with van der Waals surface area (Å²) in [6.07, 6.45) is 0.645. The molecule has 0 bridgehead atoms. The van der Waals surface area contributed by atoms with Crippen molar-refractivity contribution in [3.63, 3.8) is 0 Å². The molecule has 0 heterocycles. The molecule has 0 saturated heterocycles. The summed E-state index contributed by atoms with van der Waals surface area (Å²) in [4.78, 5) is 4.13. The van der Waals surface area contributed by atoms with E-state index < -0.39 is 10.0 Å². The molecule has 136 valence electrons.